The Morgan fingerprint density at radius 2 is 2.04 bits per heavy atom. The van der Waals surface area contributed by atoms with Crippen molar-refractivity contribution in [1.29, 1.82) is 0 Å². The van der Waals surface area contributed by atoms with Crippen molar-refractivity contribution in [3.63, 3.8) is 0 Å². The van der Waals surface area contributed by atoms with E-state index in [-0.39, 0.29) is 5.75 Å². The fourth-order valence-corrected chi connectivity index (χ4v) is 3.23. The molecule has 6 nitrogen and oxygen atoms in total. The quantitative estimate of drug-likeness (QED) is 0.757. The Kier molecular flexibility index (Phi) is 3.70. The predicted octanol–water partition coefficient (Wildman–Crippen LogP) is 3.75. The molecule has 7 heteroatoms. The first-order chi connectivity index (χ1) is 11.7. The lowest BCUT2D eigenvalue weighted by Crippen LogP contribution is -2.04. The topological polar surface area (TPSA) is 91.0 Å². The Bertz CT molecular complexity index is 984. The van der Waals surface area contributed by atoms with Crippen LogP contribution in [0.3, 0.4) is 0 Å². The van der Waals surface area contributed by atoms with Gasteiger partial charge in [-0.25, -0.2) is 0 Å². The monoisotopic (exact) mass is 339 g/mol. The Labute approximate surface area is 141 Å². The Hall–Kier alpha value is -2.80. The van der Waals surface area contributed by atoms with Gasteiger partial charge in [0.2, 0.25) is 0 Å². The zero-order valence-electron chi connectivity index (χ0n) is 12.5. The van der Waals surface area contributed by atoms with Crippen LogP contribution in [0.5, 0.6) is 0 Å². The highest BCUT2D eigenvalue weighted by Gasteiger charge is 2.19. The number of aromatic nitrogens is 1. The summed E-state index contributed by atoms with van der Waals surface area (Å²) in [6.45, 7) is 0. The SMILES string of the molecule is O=C(O)CSC1=NN=C(c2ccc(-c3c[nH]c4ccccc34)o2)C1. The van der Waals surface area contributed by atoms with E-state index in [2.05, 4.69) is 15.2 Å². The van der Waals surface area contributed by atoms with Gasteiger partial charge in [-0.3, -0.25) is 4.79 Å². The Balaban J connectivity index is 1.53. The molecule has 2 aromatic heterocycles. The lowest BCUT2D eigenvalue weighted by atomic mass is 10.1. The van der Waals surface area contributed by atoms with Crippen molar-refractivity contribution >= 4 is 39.4 Å². The van der Waals surface area contributed by atoms with E-state index in [4.69, 9.17) is 9.52 Å². The lowest BCUT2D eigenvalue weighted by Gasteiger charge is -1.98. The molecule has 0 unspecified atom stereocenters. The van der Waals surface area contributed by atoms with Gasteiger partial charge in [-0.05, 0) is 18.2 Å². The van der Waals surface area contributed by atoms with Gasteiger partial charge in [0.1, 0.15) is 16.5 Å². The number of fused-ring (bicyclic) bond motifs is 1. The summed E-state index contributed by atoms with van der Waals surface area (Å²) in [7, 11) is 0. The average molecular weight is 339 g/mol. The number of thioether (sulfide) groups is 1. The fourth-order valence-electron chi connectivity index (χ4n) is 2.60. The standard InChI is InChI=1S/C17H13N3O3S/c21-17(22)9-24-16-7-13(19-20-16)15-6-5-14(23-15)11-8-18-12-4-2-1-3-10(11)12/h1-6,8,18H,7,9H2,(H,21,22). The third-order valence-electron chi connectivity index (χ3n) is 3.71. The van der Waals surface area contributed by atoms with E-state index in [1.807, 2.05) is 42.6 Å². The van der Waals surface area contributed by atoms with Crippen molar-refractivity contribution < 1.29 is 14.3 Å². The molecule has 3 aromatic rings. The highest BCUT2D eigenvalue weighted by Crippen LogP contribution is 2.31. The van der Waals surface area contributed by atoms with Crippen LogP contribution in [0.15, 0.2) is 57.2 Å². The number of hydrogen-bond acceptors (Lipinski definition) is 5. The second-order valence-corrected chi connectivity index (χ2v) is 6.36. The first-order valence-electron chi connectivity index (χ1n) is 7.35. The Morgan fingerprint density at radius 1 is 1.21 bits per heavy atom. The van der Waals surface area contributed by atoms with Gasteiger partial charge >= 0.3 is 5.97 Å². The van der Waals surface area contributed by atoms with Gasteiger partial charge in [-0.1, -0.05) is 30.0 Å². The van der Waals surface area contributed by atoms with Crippen LogP contribution in [0.25, 0.3) is 22.2 Å². The number of nitrogens with one attached hydrogen (secondary N) is 1. The molecule has 4 rings (SSSR count). The van der Waals surface area contributed by atoms with Crippen LogP contribution >= 0.6 is 11.8 Å². The number of para-hydroxylation sites is 1. The van der Waals surface area contributed by atoms with Crippen molar-refractivity contribution in [2.24, 2.45) is 10.2 Å². The van der Waals surface area contributed by atoms with Crippen molar-refractivity contribution in [3.05, 3.63) is 48.4 Å². The number of carboxylic acid groups (broad SMARTS) is 1. The minimum atomic E-state index is -0.865. The van der Waals surface area contributed by atoms with Gasteiger partial charge in [0.05, 0.1) is 5.75 Å². The minimum Gasteiger partial charge on any atom is -0.481 e. The van der Waals surface area contributed by atoms with E-state index in [1.54, 1.807) is 0 Å². The minimum absolute atomic E-state index is 0.0135. The molecular formula is C17H13N3O3S. The first kappa shape index (κ1) is 14.8. The molecule has 0 saturated carbocycles. The molecule has 0 fully saturated rings. The van der Waals surface area contributed by atoms with Crippen molar-refractivity contribution in [3.8, 4) is 11.3 Å². The van der Waals surface area contributed by atoms with E-state index >= 15 is 0 Å². The van der Waals surface area contributed by atoms with Crippen LogP contribution in [0, 0.1) is 0 Å². The van der Waals surface area contributed by atoms with Crippen LogP contribution in [0.2, 0.25) is 0 Å². The maximum atomic E-state index is 10.6. The summed E-state index contributed by atoms with van der Waals surface area (Å²) >= 11 is 1.19. The number of aromatic amines is 1. The summed E-state index contributed by atoms with van der Waals surface area (Å²) in [5, 5.41) is 18.6. The number of hydrogen-bond donors (Lipinski definition) is 2. The molecule has 0 radical (unpaired) electrons. The third-order valence-corrected chi connectivity index (χ3v) is 4.66. The van der Waals surface area contributed by atoms with Crippen LogP contribution in [0.4, 0.5) is 0 Å². The van der Waals surface area contributed by atoms with Gasteiger partial charge in [-0.2, -0.15) is 5.10 Å². The third kappa shape index (κ3) is 2.74. The second kappa shape index (κ2) is 6.01. The number of carbonyl (C=O) groups is 1. The predicted molar refractivity (Wildman–Crippen MR) is 94.7 cm³/mol. The molecule has 0 amide bonds. The average Bonchev–Trinajstić information content (AvgIpc) is 3.30. The number of benzene rings is 1. The molecule has 1 aliphatic rings. The molecule has 1 aromatic carbocycles. The van der Waals surface area contributed by atoms with Gasteiger partial charge < -0.3 is 14.5 Å². The number of rotatable bonds is 4. The first-order valence-corrected chi connectivity index (χ1v) is 8.34. The largest absolute Gasteiger partial charge is 0.481 e. The van der Waals surface area contributed by atoms with Crippen LogP contribution < -0.4 is 0 Å². The van der Waals surface area contributed by atoms with E-state index in [0.717, 1.165) is 22.2 Å². The normalized spacial score (nSPS) is 14.0. The summed E-state index contributed by atoms with van der Waals surface area (Å²) in [4.78, 5) is 13.8. The fraction of sp³-hybridized carbons (Fsp3) is 0.118. The van der Waals surface area contributed by atoms with Gasteiger partial charge in [0.25, 0.3) is 0 Å². The highest BCUT2D eigenvalue weighted by atomic mass is 32.2. The van der Waals surface area contributed by atoms with E-state index in [0.29, 0.717) is 22.9 Å². The highest BCUT2D eigenvalue weighted by molar-refractivity contribution is 8.14. The zero-order chi connectivity index (χ0) is 16.5. The van der Waals surface area contributed by atoms with Crippen LogP contribution in [0.1, 0.15) is 12.2 Å². The molecule has 0 spiro atoms. The number of carboxylic acids is 1. The van der Waals surface area contributed by atoms with Crippen LogP contribution in [-0.4, -0.2) is 32.6 Å². The molecule has 3 heterocycles. The smallest absolute Gasteiger partial charge is 0.313 e. The maximum absolute atomic E-state index is 10.6. The summed E-state index contributed by atoms with van der Waals surface area (Å²) < 4.78 is 5.94. The Morgan fingerprint density at radius 3 is 2.92 bits per heavy atom. The summed E-state index contributed by atoms with van der Waals surface area (Å²) in [6, 6.07) is 11.8. The van der Waals surface area contributed by atoms with Gasteiger partial charge in [0.15, 0.2) is 5.76 Å². The van der Waals surface area contributed by atoms with Crippen LogP contribution in [-0.2, 0) is 4.79 Å². The van der Waals surface area contributed by atoms with E-state index in [1.165, 1.54) is 11.8 Å². The summed E-state index contributed by atoms with van der Waals surface area (Å²) in [5.74, 6) is 0.540. The molecule has 0 bridgehead atoms. The van der Waals surface area contributed by atoms with Crippen molar-refractivity contribution in [2.45, 2.75) is 6.42 Å². The van der Waals surface area contributed by atoms with Gasteiger partial charge in [0, 0.05) is 29.1 Å². The number of aliphatic carboxylic acids is 1. The number of furan rings is 1. The molecule has 0 aliphatic carbocycles. The molecule has 2 N–H and O–H groups in total. The molecule has 120 valence electrons. The molecule has 0 atom stereocenters. The lowest BCUT2D eigenvalue weighted by molar-refractivity contribution is -0.133. The number of H-pyrrole nitrogens is 1. The van der Waals surface area contributed by atoms with Crippen molar-refractivity contribution in [2.75, 3.05) is 5.75 Å². The van der Waals surface area contributed by atoms with E-state index < -0.39 is 5.97 Å². The molecular weight excluding hydrogens is 326 g/mol. The number of nitrogens with zero attached hydrogens (tertiary/aromatic N) is 2. The maximum Gasteiger partial charge on any atom is 0.313 e. The summed E-state index contributed by atoms with van der Waals surface area (Å²) in [5.41, 5.74) is 2.77. The van der Waals surface area contributed by atoms with Gasteiger partial charge in [-0.15, -0.1) is 5.10 Å². The second-order valence-electron chi connectivity index (χ2n) is 5.31. The van der Waals surface area contributed by atoms with E-state index in [9.17, 15) is 4.79 Å². The zero-order valence-corrected chi connectivity index (χ0v) is 13.3. The molecule has 0 saturated heterocycles. The molecule has 24 heavy (non-hydrogen) atoms. The summed E-state index contributed by atoms with van der Waals surface area (Å²) in [6.07, 6.45) is 2.42. The van der Waals surface area contributed by atoms with Crippen molar-refractivity contribution in [1.82, 2.24) is 4.98 Å². The molecule has 1 aliphatic heterocycles.